The number of nitrogens with one attached hydrogen (secondary N) is 2. The van der Waals surface area contributed by atoms with Crippen LogP contribution in [0.2, 0.25) is 0 Å². The number of benzene rings is 2. The van der Waals surface area contributed by atoms with Crippen LogP contribution in [0.1, 0.15) is 5.56 Å². The van der Waals surface area contributed by atoms with Crippen molar-refractivity contribution in [3.63, 3.8) is 0 Å². The highest BCUT2D eigenvalue weighted by Crippen LogP contribution is 2.33. The molecule has 3 heterocycles. The van der Waals surface area contributed by atoms with Crippen LogP contribution in [0.5, 0.6) is 11.5 Å². The van der Waals surface area contributed by atoms with E-state index in [2.05, 4.69) is 43.4 Å². The Kier molecular flexibility index (Phi) is 4.20. The summed E-state index contributed by atoms with van der Waals surface area (Å²) < 4.78 is 10.9. The molecule has 1 aliphatic rings. The second-order valence-electron chi connectivity index (χ2n) is 6.97. The molecule has 5 rings (SSSR count). The Labute approximate surface area is 168 Å². The Hall–Kier alpha value is -3.74. The molecule has 2 N–H and O–H groups in total. The molecular formula is C22H21N5O2. The topological polar surface area (TPSA) is 75.3 Å². The SMILES string of the molecule is CNc1nc(-c2cccc3[nH]ccc23)cc(N(C)Cc2ccc3c(c2)OCO3)n1. The van der Waals surface area contributed by atoms with Crippen molar-refractivity contribution in [3.05, 3.63) is 60.3 Å². The van der Waals surface area contributed by atoms with Crippen molar-refractivity contribution in [2.45, 2.75) is 6.54 Å². The summed E-state index contributed by atoms with van der Waals surface area (Å²) in [6.45, 7) is 0.963. The molecule has 0 bridgehead atoms. The first-order valence-corrected chi connectivity index (χ1v) is 9.44. The average molecular weight is 387 g/mol. The summed E-state index contributed by atoms with van der Waals surface area (Å²) >= 11 is 0. The minimum absolute atomic E-state index is 0.278. The van der Waals surface area contributed by atoms with Crippen molar-refractivity contribution in [2.75, 3.05) is 31.1 Å². The zero-order valence-corrected chi connectivity index (χ0v) is 16.3. The monoisotopic (exact) mass is 387 g/mol. The van der Waals surface area contributed by atoms with Crippen molar-refractivity contribution < 1.29 is 9.47 Å². The van der Waals surface area contributed by atoms with Crippen molar-refractivity contribution in [1.29, 1.82) is 0 Å². The van der Waals surface area contributed by atoms with E-state index in [9.17, 15) is 0 Å². The van der Waals surface area contributed by atoms with Gasteiger partial charge in [-0.05, 0) is 29.8 Å². The Morgan fingerprint density at radius 2 is 1.97 bits per heavy atom. The number of aromatic nitrogens is 3. The second-order valence-corrected chi connectivity index (χ2v) is 6.97. The van der Waals surface area contributed by atoms with Gasteiger partial charge in [-0.3, -0.25) is 0 Å². The third-order valence-electron chi connectivity index (χ3n) is 5.05. The fraction of sp³-hybridized carbons (Fsp3) is 0.182. The van der Waals surface area contributed by atoms with Gasteiger partial charge in [0.05, 0.1) is 5.69 Å². The molecule has 29 heavy (non-hydrogen) atoms. The molecule has 0 unspecified atom stereocenters. The first kappa shape index (κ1) is 17.4. The van der Waals surface area contributed by atoms with Gasteiger partial charge in [0.15, 0.2) is 11.5 Å². The molecular weight excluding hydrogens is 366 g/mol. The van der Waals surface area contributed by atoms with Gasteiger partial charge in [0, 0.05) is 49.4 Å². The van der Waals surface area contributed by atoms with E-state index in [-0.39, 0.29) is 6.79 Å². The average Bonchev–Trinajstić information content (AvgIpc) is 3.42. The molecule has 0 spiro atoms. The Balaban J connectivity index is 1.50. The maximum atomic E-state index is 5.49. The number of aromatic amines is 1. The highest BCUT2D eigenvalue weighted by Gasteiger charge is 2.16. The van der Waals surface area contributed by atoms with Gasteiger partial charge in [0.2, 0.25) is 12.7 Å². The van der Waals surface area contributed by atoms with Gasteiger partial charge in [0.25, 0.3) is 0 Å². The lowest BCUT2D eigenvalue weighted by Gasteiger charge is -2.20. The summed E-state index contributed by atoms with van der Waals surface area (Å²) in [6, 6.07) is 16.3. The van der Waals surface area contributed by atoms with E-state index in [0.717, 1.165) is 45.0 Å². The highest BCUT2D eigenvalue weighted by atomic mass is 16.7. The number of ether oxygens (including phenoxy) is 2. The van der Waals surface area contributed by atoms with Crippen LogP contribution in [0.25, 0.3) is 22.2 Å². The second kappa shape index (κ2) is 7.01. The van der Waals surface area contributed by atoms with Gasteiger partial charge in [-0.15, -0.1) is 0 Å². The molecule has 0 saturated heterocycles. The predicted octanol–water partition coefficient (Wildman–Crippen LogP) is 4.03. The Bertz CT molecular complexity index is 1190. The van der Waals surface area contributed by atoms with Gasteiger partial charge in [0.1, 0.15) is 5.82 Å². The molecule has 146 valence electrons. The zero-order chi connectivity index (χ0) is 19.8. The number of nitrogens with zero attached hydrogens (tertiary/aromatic N) is 3. The number of fused-ring (bicyclic) bond motifs is 2. The molecule has 7 heteroatoms. The van der Waals surface area contributed by atoms with E-state index < -0.39 is 0 Å². The van der Waals surface area contributed by atoms with Gasteiger partial charge < -0.3 is 24.7 Å². The molecule has 4 aromatic rings. The molecule has 0 aliphatic carbocycles. The predicted molar refractivity (Wildman–Crippen MR) is 114 cm³/mol. The van der Waals surface area contributed by atoms with Crippen molar-refractivity contribution >= 4 is 22.7 Å². The minimum atomic E-state index is 0.278. The van der Waals surface area contributed by atoms with Gasteiger partial charge in [-0.25, -0.2) is 4.98 Å². The standard InChI is InChI=1S/C22H21N5O2/c1-23-22-25-18(15-4-3-5-17-16(15)8-9-24-17)11-21(26-22)27(2)12-14-6-7-19-20(10-14)29-13-28-19/h3-11,24H,12-13H2,1-2H3,(H,23,25,26). The van der Waals surface area contributed by atoms with E-state index in [0.29, 0.717) is 12.5 Å². The first-order valence-electron chi connectivity index (χ1n) is 9.44. The van der Waals surface area contributed by atoms with Crippen molar-refractivity contribution in [1.82, 2.24) is 15.0 Å². The van der Waals surface area contributed by atoms with E-state index in [1.54, 1.807) is 0 Å². The number of rotatable bonds is 5. The third-order valence-corrected chi connectivity index (χ3v) is 5.05. The first-order chi connectivity index (χ1) is 14.2. The lowest BCUT2D eigenvalue weighted by atomic mass is 10.1. The number of H-pyrrole nitrogens is 1. The van der Waals surface area contributed by atoms with E-state index in [1.165, 1.54) is 0 Å². The van der Waals surface area contributed by atoms with Gasteiger partial charge >= 0.3 is 0 Å². The largest absolute Gasteiger partial charge is 0.454 e. The quantitative estimate of drug-likeness (QED) is 0.538. The number of hydrogen-bond acceptors (Lipinski definition) is 6. The van der Waals surface area contributed by atoms with Crippen LogP contribution in [0, 0.1) is 0 Å². The molecule has 0 atom stereocenters. The molecule has 2 aromatic heterocycles. The maximum Gasteiger partial charge on any atom is 0.231 e. The van der Waals surface area contributed by atoms with Crippen LogP contribution in [-0.4, -0.2) is 35.8 Å². The van der Waals surface area contributed by atoms with E-state index in [1.807, 2.05) is 50.6 Å². The third kappa shape index (κ3) is 3.20. The Morgan fingerprint density at radius 1 is 1.07 bits per heavy atom. The molecule has 0 radical (unpaired) electrons. The molecule has 0 fully saturated rings. The van der Waals surface area contributed by atoms with Crippen LogP contribution >= 0.6 is 0 Å². The lowest BCUT2D eigenvalue weighted by molar-refractivity contribution is 0.174. The zero-order valence-electron chi connectivity index (χ0n) is 16.3. The summed E-state index contributed by atoms with van der Waals surface area (Å²) in [5, 5.41) is 4.22. The fourth-order valence-electron chi connectivity index (χ4n) is 3.58. The molecule has 0 amide bonds. The van der Waals surface area contributed by atoms with Crippen molar-refractivity contribution in [2.24, 2.45) is 0 Å². The van der Waals surface area contributed by atoms with Crippen molar-refractivity contribution in [3.8, 4) is 22.8 Å². The fourth-order valence-corrected chi connectivity index (χ4v) is 3.58. The summed E-state index contributed by atoms with van der Waals surface area (Å²) in [5.41, 5.74) is 4.15. The summed E-state index contributed by atoms with van der Waals surface area (Å²) in [5.74, 6) is 3.00. The minimum Gasteiger partial charge on any atom is -0.454 e. The molecule has 0 saturated carbocycles. The Morgan fingerprint density at radius 3 is 2.86 bits per heavy atom. The van der Waals surface area contributed by atoms with Crippen LogP contribution in [-0.2, 0) is 6.54 Å². The van der Waals surface area contributed by atoms with Crippen LogP contribution in [0.15, 0.2) is 54.7 Å². The number of anilines is 2. The number of hydrogen-bond donors (Lipinski definition) is 2. The van der Waals surface area contributed by atoms with Crippen LogP contribution in [0.4, 0.5) is 11.8 Å². The molecule has 1 aliphatic heterocycles. The van der Waals surface area contributed by atoms with E-state index >= 15 is 0 Å². The maximum absolute atomic E-state index is 5.49. The molecule has 2 aromatic carbocycles. The van der Waals surface area contributed by atoms with Crippen LogP contribution in [0.3, 0.4) is 0 Å². The normalized spacial score (nSPS) is 12.3. The lowest BCUT2D eigenvalue weighted by Crippen LogP contribution is -2.18. The summed E-state index contributed by atoms with van der Waals surface area (Å²) in [4.78, 5) is 14.7. The van der Waals surface area contributed by atoms with Gasteiger partial charge in [-0.1, -0.05) is 18.2 Å². The van der Waals surface area contributed by atoms with Gasteiger partial charge in [-0.2, -0.15) is 4.98 Å². The smallest absolute Gasteiger partial charge is 0.231 e. The summed E-state index contributed by atoms with van der Waals surface area (Å²) in [6.07, 6.45) is 1.95. The highest BCUT2D eigenvalue weighted by molar-refractivity contribution is 5.94. The van der Waals surface area contributed by atoms with Crippen LogP contribution < -0.4 is 19.7 Å². The summed E-state index contributed by atoms with van der Waals surface area (Å²) in [7, 11) is 3.85. The molecule has 7 nitrogen and oxygen atoms in total. The van der Waals surface area contributed by atoms with E-state index in [4.69, 9.17) is 9.47 Å².